The van der Waals surface area contributed by atoms with Gasteiger partial charge in [0.1, 0.15) is 5.69 Å². The molecule has 36 heavy (non-hydrogen) atoms. The molecule has 4 heterocycles. The fraction of sp³-hybridized carbons (Fsp3) is 0.0625. The number of nitrogens with one attached hydrogen (secondary N) is 1. The average molecular weight is 468 g/mol. The maximum absolute atomic E-state index is 4.63. The van der Waals surface area contributed by atoms with Gasteiger partial charge in [0, 0.05) is 66.6 Å². The standard InChI is InChI=1S/C32H26N4/c1-35-21-25(27-7-3-5-9-31(27)35)13-11-23-15-17-33-29(19-23)30-20-24(16-18-34-30)12-14-26-22-36(2)32-10-6-4-8-28(26)32/h3-22H,1-2H3/p+1/b13-11+,14-12+. The van der Waals surface area contributed by atoms with Gasteiger partial charge in [0.15, 0.2) is 6.20 Å². The van der Waals surface area contributed by atoms with Crippen molar-refractivity contribution in [2.24, 2.45) is 14.1 Å². The average Bonchev–Trinajstić information content (AvgIpc) is 3.43. The van der Waals surface area contributed by atoms with Gasteiger partial charge in [-0.05, 0) is 46.5 Å². The van der Waals surface area contributed by atoms with E-state index in [-0.39, 0.29) is 0 Å². The molecular formula is C32H27N4+. The van der Waals surface area contributed by atoms with Crippen LogP contribution in [0.4, 0.5) is 0 Å². The van der Waals surface area contributed by atoms with Crippen LogP contribution in [0.2, 0.25) is 0 Å². The second kappa shape index (κ2) is 9.16. The Balaban J connectivity index is 1.27. The lowest BCUT2D eigenvalue weighted by atomic mass is 10.1. The quantitative estimate of drug-likeness (QED) is 0.272. The number of para-hydroxylation sites is 2. The Kier molecular flexibility index (Phi) is 5.55. The summed E-state index contributed by atoms with van der Waals surface area (Å²) >= 11 is 0. The van der Waals surface area contributed by atoms with E-state index in [2.05, 4.69) is 137 Å². The molecule has 0 radical (unpaired) electrons. The fourth-order valence-corrected chi connectivity index (χ4v) is 4.82. The molecule has 6 aromatic rings. The number of aromatic amines is 1. The minimum absolute atomic E-state index is 0.912. The van der Waals surface area contributed by atoms with Gasteiger partial charge < -0.3 is 9.13 Å². The van der Waals surface area contributed by atoms with Crippen molar-refractivity contribution in [3.8, 4) is 11.4 Å². The molecule has 0 spiro atoms. The van der Waals surface area contributed by atoms with Gasteiger partial charge >= 0.3 is 0 Å². The van der Waals surface area contributed by atoms with Crippen LogP contribution in [0.3, 0.4) is 0 Å². The van der Waals surface area contributed by atoms with Crippen molar-refractivity contribution in [1.82, 2.24) is 14.1 Å². The summed E-state index contributed by atoms with van der Waals surface area (Å²) in [6.07, 6.45) is 16.8. The molecule has 4 nitrogen and oxygen atoms in total. The van der Waals surface area contributed by atoms with Gasteiger partial charge in [0.05, 0.1) is 0 Å². The van der Waals surface area contributed by atoms with Crippen LogP contribution in [0.5, 0.6) is 0 Å². The highest BCUT2D eigenvalue weighted by Gasteiger charge is 2.09. The molecule has 1 N–H and O–H groups in total. The molecule has 2 aromatic carbocycles. The number of hydrogen-bond donors (Lipinski definition) is 0. The van der Waals surface area contributed by atoms with E-state index in [1.165, 1.54) is 32.9 Å². The van der Waals surface area contributed by atoms with Crippen LogP contribution in [0.15, 0.2) is 97.6 Å². The smallest absolute Gasteiger partial charge is 0.230 e. The zero-order chi connectivity index (χ0) is 24.5. The van der Waals surface area contributed by atoms with Gasteiger partial charge in [0.25, 0.3) is 0 Å². The summed E-state index contributed by atoms with van der Waals surface area (Å²) in [5.41, 5.74) is 9.01. The summed E-state index contributed by atoms with van der Waals surface area (Å²) in [6.45, 7) is 0. The maximum atomic E-state index is 4.63. The fourth-order valence-electron chi connectivity index (χ4n) is 4.82. The topological polar surface area (TPSA) is 36.9 Å². The summed E-state index contributed by atoms with van der Waals surface area (Å²) in [4.78, 5) is 7.98. The van der Waals surface area contributed by atoms with Gasteiger partial charge in [-0.1, -0.05) is 60.7 Å². The lowest BCUT2D eigenvalue weighted by Crippen LogP contribution is -2.06. The minimum atomic E-state index is 0.912. The SMILES string of the molecule is Cn1cc(/C=C/c2ccnc(-c3cc(/C=C/c4cn(C)c5ccccc45)cc[nH+]3)c2)c2ccccc21. The van der Waals surface area contributed by atoms with Gasteiger partial charge in [-0.25, -0.2) is 9.97 Å². The van der Waals surface area contributed by atoms with E-state index in [1.54, 1.807) is 0 Å². The van der Waals surface area contributed by atoms with E-state index < -0.39 is 0 Å². The van der Waals surface area contributed by atoms with E-state index in [9.17, 15) is 0 Å². The summed E-state index contributed by atoms with van der Waals surface area (Å²) in [7, 11) is 4.17. The molecule has 0 bridgehead atoms. The molecule has 0 amide bonds. The monoisotopic (exact) mass is 467 g/mol. The second-order valence-corrected chi connectivity index (χ2v) is 9.10. The number of hydrogen-bond acceptors (Lipinski definition) is 1. The highest BCUT2D eigenvalue weighted by molar-refractivity contribution is 5.93. The van der Waals surface area contributed by atoms with Crippen LogP contribution in [0.25, 0.3) is 57.5 Å². The molecule has 0 fully saturated rings. The van der Waals surface area contributed by atoms with E-state index in [4.69, 9.17) is 0 Å². The number of nitrogens with zero attached hydrogens (tertiary/aromatic N) is 3. The first-order chi connectivity index (χ1) is 17.7. The van der Waals surface area contributed by atoms with Crippen LogP contribution in [0.1, 0.15) is 22.3 Å². The molecule has 0 unspecified atom stereocenters. The first-order valence-corrected chi connectivity index (χ1v) is 12.1. The lowest BCUT2D eigenvalue weighted by molar-refractivity contribution is -0.364. The van der Waals surface area contributed by atoms with Crippen LogP contribution >= 0.6 is 0 Å². The maximum Gasteiger partial charge on any atom is 0.230 e. The summed E-state index contributed by atoms with van der Waals surface area (Å²) in [5, 5.41) is 2.51. The van der Waals surface area contributed by atoms with Crippen LogP contribution in [-0.2, 0) is 14.1 Å². The zero-order valence-corrected chi connectivity index (χ0v) is 20.4. The van der Waals surface area contributed by atoms with Crippen LogP contribution in [-0.4, -0.2) is 14.1 Å². The van der Waals surface area contributed by atoms with E-state index in [0.29, 0.717) is 0 Å². The third-order valence-corrected chi connectivity index (χ3v) is 6.65. The molecule has 174 valence electrons. The third-order valence-electron chi connectivity index (χ3n) is 6.65. The summed E-state index contributed by atoms with van der Waals surface area (Å²) in [5.74, 6) is 0. The normalized spacial score (nSPS) is 11.9. The molecule has 4 heteroatoms. The number of aryl methyl sites for hydroxylation is 2. The van der Waals surface area contributed by atoms with Crippen molar-refractivity contribution in [3.63, 3.8) is 0 Å². The van der Waals surface area contributed by atoms with Crippen molar-refractivity contribution in [1.29, 1.82) is 0 Å². The Morgan fingerprint density at radius 3 is 1.89 bits per heavy atom. The van der Waals surface area contributed by atoms with Gasteiger partial charge in [-0.15, -0.1) is 0 Å². The Morgan fingerprint density at radius 1 is 0.667 bits per heavy atom. The molecule has 0 aliphatic rings. The van der Waals surface area contributed by atoms with Crippen molar-refractivity contribution in [3.05, 3.63) is 120 Å². The molecule has 0 aliphatic heterocycles. The number of benzene rings is 2. The highest BCUT2D eigenvalue weighted by atomic mass is 14.9. The van der Waals surface area contributed by atoms with Crippen molar-refractivity contribution in [2.75, 3.05) is 0 Å². The number of aromatic nitrogens is 4. The predicted molar refractivity (Wildman–Crippen MR) is 150 cm³/mol. The van der Waals surface area contributed by atoms with Gasteiger partial charge in [0.2, 0.25) is 5.69 Å². The summed E-state index contributed by atoms with van der Waals surface area (Å²) < 4.78 is 4.33. The Bertz CT molecular complexity index is 1630. The molecule has 4 aromatic heterocycles. The Morgan fingerprint density at radius 2 is 1.25 bits per heavy atom. The molecule has 6 rings (SSSR count). The number of rotatable bonds is 5. The first kappa shape index (κ1) is 21.8. The van der Waals surface area contributed by atoms with Crippen molar-refractivity contribution < 1.29 is 4.98 Å². The zero-order valence-electron chi connectivity index (χ0n) is 20.4. The highest BCUT2D eigenvalue weighted by Crippen LogP contribution is 2.24. The Labute approximate surface area is 210 Å². The largest absolute Gasteiger partial charge is 0.350 e. The number of fused-ring (bicyclic) bond motifs is 2. The minimum Gasteiger partial charge on any atom is -0.350 e. The van der Waals surface area contributed by atoms with E-state index >= 15 is 0 Å². The van der Waals surface area contributed by atoms with E-state index in [0.717, 1.165) is 22.5 Å². The molecule has 0 saturated carbocycles. The Hall–Kier alpha value is -4.70. The predicted octanol–water partition coefficient (Wildman–Crippen LogP) is 6.89. The van der Waals surface area contributed by atoms with Crippen LogP contribution in [0, 0.1) is 0 Å². The third kappa shape index (κ3) is 4.14. The molecular weight excluding hydrogens is 440 g/mol. The van der Waals surface area contributed by atoms with Crippen LogP contribution < -0.4 is 4.98 Å². The summed E-state index contributed by atoms with van der Waals surface area (Å²) in [6, 6.07) is 25.3. The second-order valence-electron chi connectivity index (χ2n) is 9.10. The van der Waals surface area contributed by atoms with Gasteiger partial charge in [-0.2, -0.15) is 0 Å². The first-order valence-electron chi connectivity index (χ1n) is 12.1. The molecule has 0 atom stereocenters. The van der Waals surface area contributed by atoms with Crippen molar-refractivity contribution in [2.45, 2.75) is 0 Å². The lowest BCUT2D eigenvalue weighted by Gasteiger charge is -1.99. The number of pyridine rings is 2. The van der Waals surface area contributed by atoms with Gasteiger partial charge in [-0.3, -0.25) is 0 Å². The van der Waals surface area contributed by atoms with Crippen molar-refractivity contribution >= 4 is 46.1 Å². The molecule has 0 saturated heterocycles. The number of H-pyrrole nitrogens is 1. The molecule has 0 aliphatic carbocycles. The van der Waals surface area contributed by atoms with E-state index in [1.807, 2.05) is 18.5 Å².